The van der Waals surface area contributed by atoms with Gasteiger partial charge in [0.2, 0.25) is 0 Å². The molecule has 2 N–H and O–H groups in total. The van der Waals surface area contributed by atoms with Crippen molar-refractivity contribution in [2.75, 3.05) is 23.9 Å². The van der Waals surface area contributed by atoms with Gasteiger partial charge in [0.15, 0.2) is 0 Å². The number of nitrogens with one attached hydrogen (secondary N) is 1. The summed E-state index contributed by atoms with van der Waals surface area (Å²) in [6, 6.07) is 3.91. The van der Waals surface area contributed by atoms with Gasteiger partial charge in [0.05, 0.1) is 10.5 Å². The van der Waals surface area contributed by atoms with Gasteiger partial charge in [0.1, 0.15) is 5.69 Å². The highest BCUT2D eigenvalue weighted by molar-refractivity contribution is 7.98. The molecule has 0 heterocycles. The van der Waals surface area contributed by atoms with E-state index < -0.39 is 10.9 Å². The molecule has 0 atom stereocenters. The summed E-state index contributed by atoms with van der Waals surface area (Å²) < 4.78 is 0. The number of nitro benzene ring substituents is 1. The molecule has 0 unspecified atom stereocenters. The largest absolute Gasteiger partial charge is 0.478 e. The molecule has 0 aliphatic carbocycles. The molecule has 6 nitrogen and oxygen atoms in total. The smallest absolute Gasteiger partial charge is 0.335 e. The van der Waals surface area contributed by atoms with Crippen molar-refractivity contribution in [2.45, 2.75) is 25.7 Å². The molecule has 0 saturated carbocycles. The summed E-state index contributed by atoms with van der Waals surface area (Å²) in [5, 5.41) is 22.8. The first-order chi connectivity index (χ1) is 10.1. The molecule has 21 heavy (non-hydrogen) atoms. The van der Waals surface area contributed by atoms with Crippen molar-refractivity contribution in [3.63, 3.8) is 0 Å². The van der Waals surface area contributed by atoms with Crippen molar-refractivity contribution >= 4 is 29.1 Å². The Kier molecular flexibility index (Phi) is 7.60. The standard InChI is InChI=1S/C14H20N2O4S/c1-21-9-5-3-2-4-8-15-12-7-6-11(14(17)18)10-13(12)16(19)20/h6-7,10,15H,2-5,8-9H2,1H3,(H,17,18). The fraction of sp³-hybridized carbons (Fsp3) is 0.500. The number of hydrogen-bond acceptors (Lipinski definition) is 5. The summed E-state index contributed by atoms with van der Waals surface area (Å²) in [7, 11) is 0. The average molecular weight is 312 g/mol. The molecule has 0 spiro atoms. The van der Waals surface area contributed by atoms with Gasteiger partial charge in [-0.1, -0.05) is 12.8 Å². The van der Waals surface area contributed by atoms with E-state index in [1.165, 1.54) is 18.6 Å². The van der Waals surface area contributed by atoms with Crippen LogP contribution < -0.4 is 5.32 Å². The molecular weight excluding hydrogens is 292 g/mol. The van der Waals surface area contributed by atoms with Crippen molar-refractivity contribution in [3.8, 4) is 0 Å². The first kappa shape index (κ1) is 17.3. The molecular formula is C14H20N2O4S. The Balaban J connectivity index is 2.51. The molecule has 0 bridgehead atoms. The molecule has 1 aromatic rings. The number of unbranched alkanes of at least 4 members (excludes halogenated alkanes) is 3. The Hall–Kier alpha value is -1.76. The van der Waals surface area contributed by atoms with E-state index >= 15 is 0 Å². The second-order valence-corrected chi connectivity index (χ2v) is 5.61. The Morgan fingerprint density at radius 2 is 2.05 bits per heavy atom. The number of aromatic carboxylic acids is 1. The monoisotopic (exact) mass is 312 g/mol. The van der Waals surface area contributed by atoms with Crippen LogP contribution in [-0.2, 0) is 0 Å². The van der Waals surface area contributed by atoms with Crippen LogP contribution in [0, 0.1) is 10.1 Å². The first-order valence-corrected chi connectivity index (χ1v) is 8.20. The van der Waals surface area contributed by atoms with E-state index in [9.17, 15) is 14.9 Å². The predicted octanol–water partition coefficient (Wildman–Crippen LogP) is 3.63. The molecule has 0 aromatic heterocycles. The van der Waals surface area contributed by atoms with Gasteiger partial charge in [-0.25, -0.2) is 4.79 Å². The van der Waals surface area contributed by atoms with Crippen LogP contribution >= 0.6 is 11.8 Å². The molecule has 116 valence electrons. The zero-order valence-electron chi connectivity index (χ0n) is 12.0. The van der Waals surface area contributed by atoms with Gasteiger partial charge >= 0.3 is 5.97 Å². The fourth-order valence-corrected chi connectivity index (χ4v) is 2.41. The maximum Gasteiger partial charge on any atom is 0.335 e. The fourth-order valence-electron chi connectivity index (χ4n) is 1.91. The molecule has 1 aromatic carbocycles. The number of carbonyl (C=O) groups is 1. The highest BCUT2D eigenvalue weighted by atomic mass is 32.2. The van der Waals surface area contributed by atoms with E-state index in [1.807, 2.05) is 11.8 Å². The van der Waals surface area contributed by atoms with Gasteiger partial charge in [-0.2, -0.15) is 11.8 Å². The van der Waals surface area contributed by atoms with Gasteiger partial charge in [-0.3, -0.25) is 10.1 Å². The van der Waals surface area contributed by atoms with Crippen LogP contribution in [0.25, 0.3) is 0 Å². The van der Waals surface area contributed by atoms with Gasteiger partial charge in [0, 0.05) is 12.6 Å². The summed E-state index contributed by atoms with van der Waals surface area (Å²) in [5.74, 6) is -0.00585. The van der Waals surface area contributed by atoms with Crippen molar-refractivity contribution in [3.05, 3.63) is 33.9 Å². The quantitative estimate of drug-likeness (QED) is 0.389. The lowest BCUT2D eigenvalue weighted by atomic mass is 10.1. The number of benzene rings is 1. The second kappa shape index (κ2) is 9.23. The van der Waals surface area contributed by atoms with E-state index in [-0.39, 0.29) is 11.3 Å². The molecule has 0 saturated heterocycles. The maximum atomic E-state index is 11.0. The van der Waals surface area contributed by atoms with Gasteiger partial charge in [0.25, 0.3) is 5.69 Å². The third kappa shape index (κ3) is 6.03. The Morgan fingerprint density at radius 1 is 1.33 bits per heavy atom. The van der Waals surface area contributed by atoms with Crippen molar-refractivity contribution < 1.29 is 14.8 Å². The van der Waals surface area contributed by atoms with Crippen LogP contribution in [0.5, 0.6) is 0 Å². The van der Waals surface area contributed by atoms with Crippen molar-refractivity contribution in [1.29, 1.82) is 0 Å². The van der Waals surface area contributed by atoms with E-state index in [0.717, 1.165) is 31.1 Å². The van der Waals surface area contributed by atoms with E-state index in [4.69, 9.17) is 5.11 Å². The van der Waals surface area contributed by atoms with Crippen molar-refractivity contribution in [1.82, 2.24) is 0 Å². The molecule has 1 rings (SSSR count). The lowest BCUT2D eigenvalue weighted by Gasteiger charge is -2.07. The Morgan fingerprint density at radius 3 is 2.67 bits per heavy atom. The van der Waals surface area contributed by atoms with E-state index in [2.05, 4.69) is 11.6 Å². The number of thioether (sulfide) groups is 1. The van der Waals surface area contributed by atoms with Crippen LogP contribution in [0.4, 0.5) is 11.4 Å². The van der Waals surface area contributed by atoms with Gasteiger partial charge in [-0.05, 0) is 37.0 Å². The summed E-state index contributed by atoms with van der Waals surface area (Å²) in [6.07, 6.45) is 6.44. The van der Waals surface area contributed by atoms with Crippen molar-refractivity contribution in [2.24, 2.45) is 0 Å². The third-order valence-electron chi connectivity index (χ3n) is 3.03. The number of carboxylic acids is 1. The number of nitrogens with zero attached hydrogens (tertiary/aromatic N) is 1. The molecule has 0 fully saturated rings. The maximum absolute atomic E-state index is 11.0. The number of hydrogen-bond donors (Lipinski definition) is 2. The second-order valence-electron chi connectivity index (χ2n) is 4.63. The van der Waals surface area contributed by atoms with Crippen LogP contribution in [0.2, 0.25) is 0 Å². The SMILES string of the molecule is CSCCCCCCNc1ccc(C(=O)O)cc1[N+](=O)[O-]. The summed E-state index contributed by atoms with van der Waals surface area (Å²) in [5.41, 5.74) is 0.0933. The summed E-state index contributed by atoms with van der Waals surface area (Å²) in [4.78, 5) is 21.2. The topological polar surface area (TPSA) is 92.5 Å². The molecule has 0 amide bonds. The van der Waals surface area contributed by atoms with Crippen LogP contribution in [0.3, 0.4) is 0 Å². The van der Waals surface area contributed by atoms with Gasteiger partial charge in [-0.15, -0.1) is 0 Å². The lowest BCUT2D eigenvalue weighted by molar-refractivity contribution is -0.384. The minimum Gasteiger partial charge on any atom is -0.478 e. The minimum atomic E-state index is -1.17. The van der Waals surface area contributed by atoms with Crippen LogP contribution in [0.15, 0.2) is 18.2 Å². The van der Waals surface area contributed by atoms with Crippen LogP contribution in [-0.4, -0.2) is 34.6 Å². The number of rotatable bonds is 10. The minimum absolute atomic E-state index is 0.0793. The number of anilines is 1. The Labute approximate surface area is 128 Å². The Bertz CT molecular complexity index is 494. The molecule has 0 aliphatic heterocycles. The van der Waals surface area contributed by atoms with Crippen LogP contribution in [0.1, 0.15) is 36.0 Å². The van der Waals surface area contributed by atoms with Gasteiger partial charge < -0.3 is 10.4 Å². The molecule has 7 heteroatoms. The summed E-state index contributed by atoms with van der Waals surface area (Å²) >= 11 is 1.83. The zero-order chi connectivity index (χ0) is 15.7. The highest BCUT2D eigenvalue weighted by Crippen LogP contribution is 2.25. The lowest BCUT2D eigenvalue weighted by Crippen LogP contribution is -2.06. The summed E-state index contributed by atoms with van der Waals surface area (Å²) in [6.45, 7) is 0.645. The third-order valence-corrected chi connectivity index (χ3v) is 3.73. The average Bonchev–Trinajstić information content (AvgIpc) is 2.46. The number of carboxylic acid groups (broad SMARTS) is 1. The first-order valence-electron chi connectivity index (χ1n) is 6.80. The molecule has 0 radical (unpaired) electrons. The zero-order valence-corrected chi connectivity index (χ0v) is 12.8. The molecule has 0 aliphatic rings. The normalized spacial score (nSPS) is 10.3. The number of nitro groups is 1. The van der Waals surface area contributed by atoms with E-state index in [0.29, 0.717) is 12.2 Å². The predicted molar refractivity (Wildman–Crippen MR) is 85.4 cm³/mol. The highest BCUT2D eigenvalue weighted by Gasteiger charge is 2.16. The van der Waals surface area contributed by atoms with E-state index in [1.54, 1.807) is 0 Å².